The summed E-state index contributed by atoms with van der Waals surface area (Å²) in [5, 5.41) is 0. The maximum Gasteiger partial charge on any atom is 0.412 e. The predicted molar refractivity (Wildman–Crippen MR) is 116 cm³/mol. The van der Waals surface area contributed by atoms with E-state index in [1.807, 2.05) is 6.07 Å². The molecule has 184 valence electrons. The third kappa shape index (κ3) is 6.36. The van der Waals surface area contributed by atoms with E-state index in [1.165, 1.54) is 38.5 Å². The molecule has 0 unspecified atom stereocenters. The van der Waals surface area contributed by atoms with Gasteiger partial charge in [-0.15, -0.1) is 0 Å². The van der Waals surface area contributed by atoms with Gasteiger partial charge in [-0.1, -0.05) is 31.9 Å². The largest absolute Gasteiger partial charge is 0.412 e. The summed E-state index contributed by atoms with van der Waals surface area (Å²) < 4.78 is 75.7. The van der Waals surface area contributed by atoms with Gasteiger partial charge in [0.05, 0.1) is 19.3 Å². The molecule has 0 radical (unpaired) electrons. The van der Waals surface area contributed by atoms with Gasteiger partial charge in [0.25, 0.3) is 0 Å². The van der Waals surface area contributed by atoms with Gasteiger partial charge in [-0.05, 0) is 79.4 Å². The number of hydrogen-bond acceptors (Lipinski definition) is 2. The normalized spacial score (nSPS) is 34.3. The average Bonchev–Trinajstić information content (AvgIpc) is 2.79. The molecular formula is C26H33F5O2. The van der Waals surface area contributed by atoms with Crippen LogP contribution in [0, 0.1) is 23.6 Å². The summed E-state index contributed by atoms with van der Waals surface area (Å²) in [5.74, 6) is 0.491. The Hall–Kier alpha value is -1.47. The lowest BCUT2D eigenvalue weighted by atomic mass is 9.68. The fraction of sp³-hybridized carbons (Fsp3) is 0.692. The van der Waals surface area contributed by atoms with E-state index in [2.05, 4.69) is 6.92 Å². The van der Waals surface area contributed by atoms with Crippen molar-refractivity contribution in [3.8, 4) is 0 Å². The Labute approximate surface area is 192 Å². The molecule has 1 saturated heterocycles. The number of hydrogen-bond donors (Lipinski definition) is 0. The highest BCUT2D eigenvalue weighted by molar-refractivity contribution is 5.30. The van der Waals surface area contributed by atoms with Crippen LogP contribution in [0.3, 0.4) is 0 Å². The monoisotopic (exact) mass is 472 g/mol. The topological polar surface area (TPSA) is 18.5 Å². The Bertz CT molecular complexity index is 812. The molecule has 3 aliphatic rings. The zero-order valence-electron chi connectivity index (χ0n) is 19.1. The molecule has 0 bridgehead atoms. The molecule has 1 heterocycles. The second-order valence-corrected chi connectivity index (χ2v) is 10.2. The Balaban J connectivity index is 1.31. The quantitative estimate of drug-likeness (QED) is 0.416. The first-order valence-corrected chi connectivity index (χ1v) is 12.2. The first-order valence-electron chi connectivity index (χ1n) is 12.2. The van der Waals surface area contributed by atoms with Crippen LogP contribution in [0.1, 0.15) is 81.3 Å². The fourth-order valence-electron chi connectivity index (χ4n) is 5.88. The SMILES string of the molecule is CC1CCC(C2CCC(c3ccc(C4COC(/C(F)=C/C(F)(F)F)OC4)c(F)c3)CC2)CC1. The van der Waals surface area contributed by atoms with Crippen LogP contribution in [-0.4, -0.2) is 25.7 Å². The maximum atomic E-state index is 14.9. The highest BCUT2D eigenvalue weighted by Crippen LogP contribution is 2.44. The van der Waals surface area contributed by atoms with Crippen LogP contribution in [0.2, 0.25) is 0 Å². The average molecular weight is 473 g/mol. The highest BCUT2D eigenvalue weighted by atomic mass is 19.4. The molecule has 33 heavy (non-hydrogen) atoms. The molecule has 2 aliphatic carbocycles. The third-order valence-electron chi connectivity index (χ3n) is 7.86. The zero-order valence-corrected chi connectivity index (χ0v) is 19.1. The maximum absolute atomic E-state index is 14.9. The first kappa shape index (κ1) is 24.6. The number of alkyl halides is 3. The lowest BCUT2D eigenvalue weighted by Gasteiger charge is -2.37. The van der Waals surface area contributed by atoms with Crippen molar-refractivity contribution in [2.45, 2.75) is 82.6 Å². The molecule has 2 saturated carbocycles. The summed E-state index contributed by atoms with van der Waals surface area (Å²) in [6.07, 6.45) is 2.99. The van der Waals surface area contributed by atoms with Crippen LogP contribution in [0.25, 0.3) is 0 Å². The Kier molecular flexibility index (Phi) is 7.79. The summed E-state index contributed by atoms with van der Waals surface area (Å²) in [5.41, 5.74) is 1.39. The molecular weight excluding hydrogens is 439 g/mol. The molecule has 0 amide bonds. The number of rotatable bonds is 4. The van der Waals surface area contributed by atoms with Crippen LogP contribution in [-0.2, 0) is 9.47 Å². The van der Waals surface area contributed by atoms with Crippen LogP contribution in [0.4, 0.5) is 22.0 Å². The number of halogens is 5. The van der Waals surface area contributed by atoms with Gasteiger partial charge in [-0.3, -0.25) is 0 Å². The summed E-state index contributed by atoms with van der Waals surface area (Å²) in [7, 11) is 0. The van der Waals surface area contributed by atoms with Crippen LogP contribution < -0.4 is 0 Å². The van der Waals surface area contributed by atoms with E-state index >= 15 is 0 Å². The van der Waals surface area contributed by atoms with Gasteiger partial charge in [-0.25, -0.2) is 8.78 Å². The lowest BCUT2D eigenvalue weighted by Crippen LogP contribution is -2.32. The molecule has 1 aromatic rings. The number of ether oxygens (including phenoxy) is 2. The molecule has 7 heteroatoms. The van der Waals surface area contributed by atoms with Gasteiger partial charge in [0.2, 0.25) is 6.29 Å². The van der Waals surface area contributed by atoms with Gasteiger partial charge in [0.1, 0.15) is 5.82 Å². The summed E-state index contributed by atoms with van der Waals surface area (Å²) in [6, 6.07) is 5.25. The van der Waals surface area contributed by atoms with Crippen molar-refractivity contribution in [3.05, 3.63) is 47.0 Å². The van der Waals surface area contributed by atoms with Gasteiger partial charge >= 0.3 is 6.18 Å². The van der Waals surface area contributed by atoms with E-state index in [1.54, 1.807) is 12.1 Å². The summed E-state index contributed by atoms with van der Waals surface area (Å²) in [4.78, 5) is 0. The Morgan fingerprint density at radius 2 is 1.45 bits per heavy atom. The Morgan fingerprint density at radius 1 is 0.879 bits per heavy atom. The van der Waals surface area contributed by atoms with E-state index < -0.39 is 30.3 Å². The fourth-order valence-corrected chi connectivity index (χ4v) is 5.88. The van der Waals surface area contributed by atoms with E-state index in [-0.39, 0.29) is 19.0 Å². The molecule has 0 aromatic heterocycles. The molecule has 0 atom stereocenters. The third-order valence-corrected chi connectivity index (χ3v) is 7.86. The highest BCUT2D eigenvalue weighted by Gasteiger charge is 2.34. The molecule has 1 aliphatic heterocycles. The first-order chi connectivity index (χ1) is 15.7. The molecule has 1 aromatic carbocycles. The van der Waals surface area contributed by atoms with Crippen molar-refractivity contribution in [1.82, 2.24) is 0 Å². The van der Waals surface area contributed by atoms with E-state index in [0.29, 0.717) is 11.5 Å². The smallest absolute Gasteiger partial charge is 0.346 e. The molecule has 0 N–H and O–H groups in total. The lowest BCUT2D eigenvalue weighted by molar-refractivity contribution is -0.177. The molecule has 3 fully saturated rings. The van der Waals surface area contributed by atoms with Crippen molar-refractivity contribution in [2.75, 3.05) is 13.2 Å². The van der Waals surface area contributed by atoms with Gasteiger partial charge in [0, 0.05) is 5.92 Å². The Morgan fingerprint density at radius 3 is 2.00 bits per heavy atom. The molecule has 2 nitrogen and oxygen atoms in total. The van der Waals surface area contributed by atoms with Gasteiger partial charge in [-0.2, -0.15) is 13.2 Å². The van der Waals surface area contributed by atoms with Crippen LogP contribution in [0.5, 0.6) is 0 Å². The number of allylic oxidation sites excluding steroid dienone is 1. The van der Waals surface area contributed by atoms with Crippen LogP contribution >= 0.6 is 0 Å². The summed E-state index contributed by atoms with van der Waals surface area (Å²) in [6.45, 7) is 2.13. The van der Waals surface area contributed by atoms with Crippen LogP contribution in [0.15, 0.2) is 30.1 Å². The minimum atomic E-state index is -4.79. The van der Waals surface area contributed by atoms with E-state index in [9.17, 15) is 22.0 Å². The van der Waals surface area contributed by atoms with Crippen molar-refractivity contribution in [2.24, 2.45) is 17.8 Å². The van der Waals surface area contributed by atoms with Gasteiger partial charge in [0.15, 0.2) is 5.83 Å². The second-order valence-electron chi connectivity index (χ2n) is 10.2. The number of benzene rings is 1. The molecule has 0 spiro atoms. The van der Waals surface area contributed by atoms with Crippen molar-refractivity contribution >= 4 is 0 Å². The zero-order chi connectivity index (χ0) is 23.6. The minimum Gasteiger partial charge on any atom is -0.346 e. The van der Waals surface area contributed by atoms with E-state index in [4.69, 9.17) is 9.47 Å². The predicted octanol–water partition coefficient (Wildman–Crippen LogP) is 7.80. The summed E-state index contributed by atoms with van der Waals surface area (Å²) >= 11 is 0. The second kappa shape index (κ2) is 10.4. The molecule has 4 rings (SSSR count). The standard InChI is InChI=1S/C26H33F5O2/c1-16-2-4-17(5-3-16)18-6-8-19(9-7-18)20-10-11-22(23(27)12-20)21-14-32-25(33-15-21)24(28)13-26(29,30)31/h10-13,16-19,21,25H,2-9,14-15H2,1H3/b24-13-. The van der Waals surface area contributed by atoms with Gasteiger partial charge < -0.3 is 9.47 Å². The van der Waals surface area contributed by atoms with E-state index in [0.717, 1.165) is 36.2 Å². The minimum absolute atomic E-state index is 0.106. The van der Waals surface area contributed by atoms with Crippen molar-refractivity contribution in [3.63, 3.8) is 0 Å². The van der Waals surface area contributed by atoms with Crippen molar-refractivity contribution < 1.29 is 31.4 Å². The van der Waals surface area contributed by atoms with Crippen molar-refractivity contribution in [1.29, 1.82) is 0 Å².